The molecule has 80 valence electrons. The summed E-state index contributed by atoms with van der Waals surface area (Å²) in [6.07, 6.45) is 5.23. The van der Waals surface area contributed by atoms with Gasteiger partial charge in [0.15, 0.2) is 0 Å². The lowest BCUT2D eigenvalue weighted by Crippen LogP contribution is -2.30. The number of hydrogen-bond donors (Lipinski definition) is 1. The minimum absolute atomic E-state index is 0.713. The van der Waals surface area contributed by atoms with Crippen LogP contribution in [0.4, 0.5) is 5.69 Å². The molecule has 0 bridgehead atoms. The van der Waals surface area contributed by atoms with E-state index in [1.165, 1.54) is 30.8 Å². The Bertz CT molecular complexity index is 352. The second kappa shape index (κ2) is 3.49. The van der Waals surface area contributed by atoms with Gasteiger partial charge in [0.05, 0.1) is 11.9 Å². The number of rotatable bonds is 1. The molecule has 0 saturated carbocycles. The van der Waals surface area contributed by atoms with Gasteiger partial charge in [-0.1, -0.05) is 0 Å². The molecule has 0 amide bonds. The molecule has 2 aliphatic heterocycles. The molecule has 2 saturated heterocycles. The Hall–Kier alpha value is -1.09. The molecule has 15 heavy (non-hydrogen) atoms. The van der Waals surface area contributed by atoms with E-state index in [2.05, 4.69) is 28.2 Å². The van der Waals surface area contributed by atoms with Crippen molar-refractivity contribution in [2.24, 2.45) is 5.92 Å². The Kier molecular flexibility index (Phi) is 2.13. The standard InChI is InChI=1S/C12H17N3/c1-9-4-11(6-13-5-9)15-7-10-2-3-14-12(10)8-15/h4-6,10,12,14H,2-3,7-8H2,1H3/t10-,12+/m1/s1. The lowest BCUT2D eigenvalue weighted by Gasteiger charge is -2.19. The molecule has 3 rings (SSSR count). The van der Waals surface area contributed by atoms with Crippen LogP contribution in [0.1, 0.15) is 12.0 Å². The van der Waals surface area contributed by atoms with Crippen LogP contribution in [0.3, 0.4) is 0 Å². The van der Waals surface area contributed by atoms with Gasteiger partial charge in [-0.05, 0) is 37.4 Å². The number of anilines is 1. The molecule has 0 aliphatic carbocycles. The lowest BCUT2D eigenvalue weighted by atomic mass is 10.1. The van der Waals surface area contributed by atoms with E-state index in [4.69, 9.17) is 0 Å². The van der Waals surface area contributed by atoms with E-state index in [0.717, 1.165) is 12.5 Å². The third kappa shape index (κ3) is 1.61. The van der Waals surface area contributed by atoms with Crippen LogP contribution < -0.4 is 10.2 Å². The fraction of sp³-hybridized carbons (Fsp3) is 0.583. The van der Waals surface area contributed by atoms with Crippen molar-refractivity contribution in [1.82, 2.24) is 10.3 Å². The number of pyridine rings is 1. The highest BCUT2D eigenvalue weighted by Gasteiger charge is 2.35. The van der Waals surface area contributed by atoms with Crippen LogP contribution in [0.25, 0.3) is 0 Å². The second-order valence-electron chi connectivity index (χ2n) is 4.73. The van der Waals surface area contributed by atoms with Crippen molar-refractivity contribution in [2.75, 3.05) is 24.5 Å². The summed E-state index contributed by atoms with van der Waals surface area (Å²) in [4.78, 5) is 6.72. The summed E-state index contributed by atoms with van der Waals surface area (Å²) in [6, 6.07) is 2.94. The van der Waals surface area contributed by atoms with Gasteiger partial charge in [0, 0.05) is 25.3 Å². The number of aromatic nitrogens is 1. The zero-order valence-electron chi connectivity index (χ0n) is 9.11. The number of hydrogen-bond acceptors (Lipinski definition) is 3. The molecule has 0 unspecified atom stereocenters. The number of nitrogens with one attached hydrogen (secondary N) is 1. The minimum Gasteiger partial charge on any atom is -0.368 e. The highest BCUT2D eigenvalue weighted by atomic mass is 15.2. The van der Waals surface area contributed by atoms with E-state index in [1.54, 1.807) is 0 Å². The lowest BCUT2D eigenvalue weighted by molar-refractivity contribution is 0.556. The third-order valence-electron chi connectivity index (χ3n) is 3.59. The fourth-order valence-corrected chi connectivity index (χ4v) is 2.77. The van der Waals surface area contributed by atoms with Crippen LogP contribution in [0.2, 0.25) is 0 Å². The van der Waals surface area contributed by atoms with Crippen LogP contribution >= 0.6 is 0 Å². The molecule has 2 fully saturated rings. The van der Waals surface area contributed by atoms with Gasteiger partial charge in [-0.15, -0.1) is 0 Å². The summed E-state index contributed by atoms with van der Waals surface area (Å²) in [7, 11) is 0. The van der Waals surface area contributed by atoms with Gasteiger partial charge in [0.2, 0.25) is 0 Å². The van der Waals surface area contributed by atoms with Crippen molar-refractivity contribution >= 4 is 5.69 Å². The van der Waals surface area contributed by atoms with E-state index in [-0.39, 0.29) is 0 Å². The maximum atomic E-state index is 4.26. The summed E-state index contributed by atoms with van der Waals surface area (Å²) in [5, 5.41) is 3.57. The normalized spacial score (nSPS) is 29.5. The Balaban J connectivity index is 1.79. The maximum Gasteiger partial charge on any atom is 0.0556 e. The maximum absolute atomic E-state index is 4.26. The molecule has 0 aromatic carbocycles. The van der Waals surface area contributed by atoms with Crippen molar-refractivity contribution < 1.29 is 0 Å². The van der Waals surface area contributed by atoms with E-state index < -0.39 is 0 Å². The van der Waals surface area contributed by atoms with Crippen molar-refractivity contribution in [3.63, 3.8) is 0 Å². The van der Waals surface area contributed by atoms with Gasteiger partial charge >= 0.3 is 0 Å². The molecule has 2 aliphatic rings. The van der Waals surface area contributed by atoms with Crippen LogP contribution in [-0.4, -0.2) is 30.7 Å². The monoisotopic (exact) mass is 203 g/mol. The van der Waals surface area contributed by atoms with Crippen LogP contribution in [-0.2, 0) is 0 Å². The molecular weight excluding hydrogens is 186 g/mol. The Morgan fingerprint density at radius 3 is 3.13 bits per heavy atom. The van der Waals surface area contributed by atoms with Gasteiger partial charge in [0.1, 0.15) is 0 Å². The average molecular weight is 203 g/mol. The topological polar surface area (TPSA) is 28.2 Å². The number of aryl methyl sites for hydroxylation is 1. The summed E-state index contributed by atoms with van der Waals surface area (Å²) >= 11 is 0. The van der Waals surface area contributed by atoms with Crippen molar-refractivity contribution in [1.29, 1.82) is 0 Å². The van der Waals surface area contributed by atoms with Crippen LogP contribution in [0.15, 0.2) is 18.5 Å². The molecule has 1 aromatic rings. The van der Waals surface area contributed by atoms with Crippen molar-refractivity contribution in [3.8, 4) is 0 Å². The molecule has 1 N–H and O–H groups in total. The highest BCUT2D eigenvalue weighted by Crippen LogP contribution is 2.28. The SMILES string of the molecule is Cc1cncc(N2C[C@H]3CCN[C@H]3C2)c1. The first-order valence-corrected chi connectivity index (χ1v) is 5.73. The predicted molar refractivity (Wildman–Crippen MR) is 61.1 cm³/mol. The third-order valence-corrected chi connectivity index (χ3v) is 3.59. The quantitative estimate of drug-likeness (QED) is 0.743. The first-order chi connectivity index (χ1) is 7.33. The van der Waals surface area contributed by atoms with E-state index in [1.807, 2.05) is 12.4 Å². The van der Waals surface area contributed by atoms with Gasteiger partial charge < -0.3 is 10.2 Å². The largest absolute Gasteiger partial charge is 0.368 e. The first kappa shape index (κ1) is 9.16. The van der Waals surface area contributed by atoms with Crippen LogP contribution in [0.5, 0.6) is 0 Å². The molecule has 3 nitrogen and oxygen atoms in total. The van der Waals surface area contributed by atoms with Gasteiger partial charge in [0.25, 0.3) is 0 Å². The second-order valence-corrected chi connectivity index (χ2v) is 4.73. The molecule has 3 heteroatoms. The fourth-order valence-electron chi connectivity index (χ4n) is 2.77. The Morgan fingerprint density at radius 1 is 1.40 bits per heavy atom. The Morgan fingerprint density at radius 2 is 2.33 bits per heavy atom. The smallest absolute Gasteiger partial charge is 0.0556 e. The molecule has 0 spiro atoms. The van der Waals surface area contributed by atoms with E-state index in [0.29, 0.717) is 6.04 Å². The van der Waals surface area contributed by atoms with Crippen molar-refractivity contribution in [2.45, 2.75) is 19.4 Å². The van der Waals surface area contributed by atoms with E-state index in [9.17, 15) is 0 Å². The van der Waals surface area contributed by atoms with Gasteiger partial charge in [-0.25, -0.2) is 0 Å². The minimum atomic E-state index is 0.713. The molecule has 2 atom stereocenters. The molecule has 0 radical (unpaired) electrons. The Labute approximate surface area is 90.5 Å². The number of nitrogens with zero attached hydrogens (tertiary/aromatic N) is 2. The highest BCUT2D eigenvalue weighted by molar-refractivity contribution is 5.47. The van der Waals surface area contributed by atoms with Crippen molar-refractivity contribution in [3.05, 3.63) is 24.0 Å². The summed E-state index contributed by atoms with van der Waals surface area (Å²) in [6.45, 7) is 5.65. The summed E-state index contributed by atoms with van der Waals surface area (Å²) in [5.74, 6) is 0.852. The zero-order chi connectivity index (χ0) is 10.3. The average Bonchev–Trinajstić information content (AvgIpc) is 2.76. The zero-order valence-corrected chi connectivity index (χ0v) is 9.11. The van der Waals surface area contributed by atoms with Gasteiger partial charge in [-0.3, -0.25) is 4.98 Å². The number of fused-ring (bicyclic) bond motifs is 1. The van der Waals surface area contributed by atoms with Gasteiger partial charge in [-0.2, -0.15) is 0 Å². The van der Waals surface area contributed by atoms with Crippen LogP contribution in [0, 0.1) is 12.8 Å². The predicted octanol–water partition coefficient (Wildman–Crippen LogP) is 1.19. The van der Waals surface area contributed by atoms with E-state index >= 15 is 0 Å². The molecule has 3 heterocycles. The molecule has 1 aromatic heterocycles. The first-order valence-electron chi connectivity index (χ1n) is 5.73. The summed E-state index contributed by atoms with van der Waals surface area (Å²) < 4.78 is 0. The summed E-state index contributed by atoms with van der Waals surface area (Å²) in [5.41, 5.74) is 2.53. The molecular formula is C12H17N3.